The lowest BCUT2D eigenvalue weighted by Crippen LogP contribution is -2.42. The van der Waals surface area contributed by atoms with Crippen LogP contribution in [0.2, 0.25) is 5.02 Å². The molecule has 1 heterocycles. The molecule has 1 aliphatic heterocycles. The Kier molecular flexibility index (Phi) is 5.44. The first-order chi connectivity index (χ1) is 12.2. The minimum Gasteiger partial charge on any atom is -0.223 e. The van der Waals surface area contributed by atoms with Crippen LogP contribution in [-0.2, 0) is 19.9 Å². The fraction of sp³-hybridized carbons (Fsp3) is 0.333. The minimum absolute atomic E-state index is 0.172. The van der Waals surface area contributed by atoms with E-state index in [0.717, 1.165) is 0 Å². The highest BCUT2D eigenvalue weighted by molar-refractivity contribution is 7.92. The first-order valence-corrected chi connectivity index (χ1v) is 11.6. The highest BCUT2D eigenvalue weighted by Gasteiger charge is 2.36. The topological polar surface area (TPSA) is 71.5 Å². The molecule has 2 aromatic rings. The van der Waals surface area contributed by atoms with Crippen molar-refractivity contribution < 1.29 is 16.8 Å². The quantitative estimate of drug-likeness (QED) is 0.771. The Morgan fingerprint density at radius 3 is 2.19 bits per heavy atom. The van der Waals surface area contributed by atoms with Gasteiger partial charge in [0.15, 0.2) is 9.84 Å². The van der Waals surface area contributed by atoms with Crippen LogP contribution in [-0.4, -0.2) is 39.5 Å². The van der Waals surface area contributed by atoms with Gasteiger partial charge in [0.1, 0.15) is 0 Å². The predicted molar refractivity (Wildman–Crippen MR) is 102 cm³/mol. The van der Waals surface area contributed by atoms with Gasteiger partial charge in [-0.15, -0.1) is 0 Å². The van der Waals surface area contributed by atoms with Crippen molar-refractivity contribution in [3.63, 3.8) is 0 Å². The van der Waals surface area contributed by atoms with Crippen LogP contribution >= 0.6 is 11.6 Å². The number of rotatable bonds is 4. The number of hydrogen-bond donors (Lipinski definition) is 0. The van der Waals surface area contributed by atoms with Crippen LogP contribution in [0.4, 0.5) is 0 Å². The molecule has 0 aromatic heterocycles. The van der Waals surface area contributed by atoms with Crippen molar-refractivity contribution >= 4 is 31.5 Å². The molecule has 0 unspecified atom stereocenters. The van der Waals surface area contributed by atoms with Gasteiger partial charge in [-0.1, -0.05) is 35.9 Å². The standard InChI is InChI=1S/C18H20ClNO4S2/c1-14-7-8-15(19)13-18(14)26(23,24)20-11-9-17(10-12-20)25(21,22)16-5-3-2-4-6-16/h2-8,13,17H,9-12H2,1H3. The second-order valence-electron chi connectivity index (χ2n) is 6.37. The summed E-state index contributed by atoms with van der Waals surface area (Å²) in [5.74, 6) is 0. The predicted octanol–water partition coefficient (Wildman–Crippen LogP) is 3.28. The molecule has 0 N–H and O–H groups in total. The molecule has 0 bridgehead atoms. The molecule has 1 fully saturated rings. The fourth-order valence-electron chi connectivity index (χ4n) is 3.18. The first-order valence-electron chi connectivity index (χ1n) is 8.28. The number of benzene rings is 2. The molecule has 5 nitrogen and oxygen atoms in total. The Morgan fingerprint density at radius 1 is 0.962 bits per heavy atom. The molecule has 0 spiro atoms. The molecule has 0 amide bonds. The lowest BCUT2D eigenvalue weighted by atomic mass is 10.2. The number of sulfone groups is 1. The molecule has 140 valence electrons. The van der Waals surface area contributed by atoms with Crippen molar-refractivity contribution in [3.8, 4) is 0 Å². The fourth-order valence-corrected chi connectivity index (χ4v) is 6.89. The number of halogens is 1. The van der Waals surface area contributed by atoms with Gasteiger partial charge in [-0.2, -0.15) is 4.31 Å². The van der Waals surface area contributed by atoms with E-state index in [4.69, 9.17) is 11.6 Å². The van der Waals surface area contributed by atoms with Crippen LogP contribution in [0, 0.1) is 6.92 Å². The summed E-state index contributed by atoms with van der Waals surface area (Å²) in [4.78, 5) is 0.460. The summed E-state index contributed by atoms with van der Waals surface area (Å²) in [6.45, 7) is 2.06. The number of aryl methyl sites for hydroxylation is 1. The molecule has 8 heteroatoms. The second-order valence-corrected chi connectivity index (χ2v) is 10.9. The average Bonchev–Trinajstić information content (AvgIpc) is 2.64. The highest BCUT2D eigenvalue weighted by Crippen LogP contribution is 2.29. The SMILES string of the molecule is Cc1ccc(Cl)cc1S(=O)(=O)N1CCC(S(=O)(=O)c2ccccc2)CC1. The number of hydrogen-bond acceptors (Lipinski definition) is 4. The molecule has 1 saturated heterocycles. The summed E-state index contributed by atoms with van der Waals surface area (Å²) >= 11 is 5.95. The number of sulfonamides is 1. The maximum absolute atomic E-state index is 12.9. The summed E-state index contributed by atoms with van der Waals surface area (Å²) in [7, 11) is -7.15. The summed E-state index contributed by atoms with van der Waals surface area (Å²) in [6, 6.07) is 13.1. The lowest BCUT2D eigenvalue weighted by Gasteiger charge is -2.31. The molecule has 26 heavy (non-hydrogen) atoms. The van der Waals surface area contributed by atoms with Gasteiger partial charge in [0.25, 0.3) is 0 Å². The molecule has 1 aliphatic rings. The second kappa shape index (κ2) is 7.31. The highest BCUT2D eigenvalue weighted by atomic mass is 35.5. The van der Waals surface area contributed by atoms with Crippen molar-refractivity contribution in [2.24, 2.45) is 0 Å². The van der Waals surface area contributed by atoms with Gasteiger partial charge in [0.05, 0.1) is 15.0 Å². The van der Waals surface area contributed by atoms with E-state index in [0.29, 0.717) is 10.6 Å². The van der Waals surface area contributed by atoms with E-state index in [1.165, 1.54) is 10.4 Å². The van der Waals surface area contributed by atoms with Gasteiger partial charge in [-0.3, -0.25) is 0 Å². The lowest BCUT2D eigenvalue weighted by molar-refractivity contribution is 0.345. The van der Waals surface area contributed by atoms with Crippen molar-refractivity contribution in [2.75, 3.05) is 13.1 Å². The summed E-state index contributed by atoms with van der Waals surface area (Å²) in [6.07, 6.45) is 0.548. The monoisotopic (exact) mass is 413 g/mol. The third-order valence-electron chi connectivity index (χ3n) is 4.68. The van der Waals surface area contributed by atoms with Crippen LogP contribution in [0.25, 0.3) is 0 Å². The van der Waals surface area contributed by atoms with Gasteiger partial charge in [-0.25, -0.2) is 16.8 Å². The summed E-state index contributed by atoms with van der Waals surface area (Å²) < 4.78 is 52.6. The Balaban J connectivity index is 1.79. The zero-order chi connectivity index (χ0) is 18.9. The maximum Gasteiger partial charge on any atom is 0.243 e. The van der Waals surface area contributed by atoms with E-state index in [-0.39, 0.29) is 35.7 Å². The van der Waals surface area contributed by atoms with Gasteiger partial charge >= 0.3 is 0 Å². The van der Waals surface area contributed by atoms with Gasteiger partial charge in [0, 0.05) is 18.1 Å². The van der Waals surface area contributed by atoms with E-state index in [9.17, 15) is 16.8 Å². The molecule has 2 aromatic carbocycles. The van der Waals surface area contributed by atoms with E-state index >= 15 is 0 Å². The number of piperidine rings is 1. The first kappa shape index (κ1) is 19.4. The van der Waals surface area contributed by atoms with Crippen LogP contribution in [0.15, 0.2) is 58.3 Å². The molecule has 0 atom stereocenters. The molecule has 0 radical (unpaired) electrons. The van der Waals surface area contributed by atoms with E-state index in [1.54, 1.807) is 49.4 Å². The molecular formula is C18H20ClNO4S2. The van der Waals surface area contributed by atoms with Crippen LogP contribution in [0.5, 0.6) is 0 Å². The maximum atomic E-state index is 12.9. The van der Waals surface area contributed by atoms with Crippen LogP contribution < -0.4 is 0 Å². The van der Waals surface area contributed by atoms with Crippen molar-refractivity contribution in [1.29, 1.82) is 0 Å². The summed E-state index contributed by atoms with van der Waals surface area (Å²) in [5, 5.41) is -0.215. The van der Waals surface area contributed by atoms with Gasteiger partial charge in [-0.05, 0) is 49.6 Å². The van der Waals surface area contributed by atoms with E-state index < -0.39 is 25.1 Å². The van der Waals surface area contributed by atoms with E-state index in [2.05, 4.69) is 0 Å². The average molecular weight is 414 g/mol. The van der Waals surface area contributed by atoms with Crippen molar-refractivity contribution in [3.05, 3.63) is 59.1 Å². The summed E-state index contributed by atoms with van der Waals surface area (Å²) in [5.41, 5.74) is 0.619. The van der Waals surface area contributed by atoms with Gasteiger partial charge in [0.2, 0.25) is 10.0 Å². The van der Waals surface area contributed by atoms with Crippen molar-refractivity contribution in [1.82, 2.24) is 4.31 Å². The molecule has 3 rings (SSSR count). The Hall–Kier alpha value is -1.41. The molecule has 0 saturated carbocycles. The van der Waals surface area contributed by atoms with Crippen molar-refractivity contribution in [2.45, 2.75) is 34.8 Å². The third kappa shape index (κ3) is 3.67. The van der Waals surface area contributed by atoms with Crippen LogP contribution in [0.3, 0.4) is 0 Å². The molecular weight excluding hydrogens is 394 g/mol. The number of nitrogens with zero attached hydrogens (tertiary/aromatic N) is 1. The zero-order valence-electron chi connectivity index (χ0n) is 14.3. The van der Waals surface area contributed by atoms with E-state index in [1.807, 2.05) is 0 Å². The Bertz CT molecular complexity index is 997. The third-order valence-corrected chi connectivity index (χ3v) is 9.23. The molecule has 0 aliphatic carbocycles. The Morgan fingerprint density at radius 2 is 1.58 bits per heavy atom. The van der Waals surface area contributed by atoms with Crippen LogP contribution in [0.1, 0.15) is 18.4 Å². The van der Waals surface area contributed by atoms with Gasteiger partial charge < -0.3 is 0 Å². The smallest absolute Gasteiger partial charge is 0.223 e. The Labute approximate surface area is 159 Å². The minimum atomic E-state index is -3.69. The normalized spacial score (nSPS) is 17.3. The zero-order valence-corrected chi connectivity index (χ0v) is 16.7. The largest absolute Gasteiger partial charge is 0.243 e.